The number of nitrogens with one attached hydrogen (secondary N) is 1. The van der Waals surface area contributed by atoms with Crippen LogP contribution >= 0.6 is 11.6 Å². The Balaban J connectivity index is 2.12. The normalized spacial score (nSPS) is 10.6. The molecule has 0 radical (unpaired) electrons. The van der Waals surface area contributed by atoms with Gasteiger partial charge in [-0.15, -0.1) is 0 Å². The summed E-state index contributed by atoms with van der Waals surface area (Å²) in [6.07, 6.45) is 1.43. The number of hydrazone groups is 1. The molecule has 0 saturated heterocycles. The summed E-state index contributed by atoms with van der Waals surface area (Å²) < 4.78 is 11.1. The molecule has 2 aromatic carbocycles. The van der Waals surface area contributed by atoms with Gasteiger partial charge in [0.15, 0.2) is 18.1 Å². The first-order chi connectivity index (χ1) is 13.8. The van der Waals surface area contributed by atoms with Gasteiger partial charge in [0.2, 0.25) is 0 Å². The molecule has 0 aliphatic heterocycles. The second-order valence-corrected chi connectivity index (χ2v) is 6.57. The van der Waals surface area contributed by atoms with Crippen molar-refractivity contribution in [3.8, 4) is 11.5 Å². The van der Waals surface area contributed by atoms with E-state index in [9.17, 15) is 9.59 Å². The number of halogens is 1. The third-order valence-electron chi connectivity index (χ3n) is 3.72. The van der Waals surface area contributed by atoms with E-state index in [0.29, 0.717) is 29.2 Å². The van der Waals surface area contributed by atoms with Gasteiger partial charge in [0.05, 0.1) is 17.8 Å². The topological polar surface area (TPSA) is 106 Å². The van der Waals surface area contributed by atoms with E-state index in [4.69, 9.17) is 26.8 Å². The first-order valence-electron chi connectivity index (χ1n) is 8.80. The number of hydrogen-bond acceptors (Lipinski definition) is 6. The highest BCUT2D eigenvalue weighted by atomic mass is 35.5. The first kappa shape index (κ1) is 22.0. The van der Waals surface area contributed by atoms with Gasteiger partial charge in [-0.25, -0.2) is 5.43 Å². The number of carbonyl (C=O) groups is 2. The average molecular weight is 419 g/mol. The van der Waals surface area contributed by atoms with Crippen molar-refractivity contribution in [2.75, 3.05) is 33.0 Å². The van der Waals surface area contributed by atoms with Crippen LogP contribution in [-0.2, 0) is 4.79 Å². The zero-order chi connectivity index (χ0) is 21.4. The number of ether oxygens (including phenoxy) is 2. The predicted molar refractivity (Wildman–Crippen MR) is 113 cm³/mol. The maximum Gasteiger partial charge on any atom is 0.271 e. The van der Waals surface area contributed by atoms with Crippen molar-refractivity contribution in [2.24, 2.45) is 5.10 Å². The van der Waals surface area contributed by atoms with Crippen LogP contribution in [0.5, 0.6) is 11.5 Å². The van der Waals surface area contributed by atoms with Crippen LogP contribution in [0.15, 0.2) is 41.5 Å². The minimum absolute atomic E-state index is 0.169. The maximum absolute atomic E-state index is 12.1. The lowest BCUT2D eigenvalue weighted by Crippen LogP contribution is -2.27. The largest absolute Gasteiger partial charge is 0.490 e. The third kappa shape index (κ3) is 6.39. The van der Waals surface area contributed by atoms with Crippen LogP contribution < -0.4 is 20.6 Å². The van der Waals surface area contributed by atoms with Gasteiger partial charge in [-0.3, -0.25) is 9.59 Å². The highest BCUT2D eigenvalue weighted by molar-refractivity contribution is 6.32. The van der Waals surface area contributed by atoms with Gasteiger partial charge in [0.1, 0.15) is 0 Å². The van der Waals surface area contributed by atoms with Crippen molar-refractivity contribution in [3.05, 3.63) is 52.5 Å². The molecule has 0 aromatic heterocycles. The van der Waals surface area contributed by atoms with Crippen molar-refractivity contribution in [1.82, 2.24) is 10.3 Å². The van der Waals surface area contributed by atoms with E-state index in [2.05, 4.69) is 10.5 Å². The molecular weight excluding hydrogens is 396 g/mol. The lowest BCUT2D eigenvalue weighted by molar-refractivity contribution is -0.130. The van der Waals surface area contributed by atoms with Crippen molar-refractivity contribution in [3.63, 3.8) is 0 Å². The van der Waals surface area contributed by atoms with Gasteiger partial charge < -0.3 is 20.1 Å². The quantitative estimate of drug-likeness (QED) is 0.389. The SMILES string of the molecule is CCOc1cc(/C=N\NC(=O)c2ccc(N)cc2)cc(Cl)c1OCC(=O)N(C)C. The van der Waals surface area contributed by atoms with Crippen LogP contribution in [0.25, 0.3) is 0 Å². The molecule has 154 valence electrons. The number of hydrogen-bond donors (Lipinski definition) is 2. The number of likely N-dealkylation sites (N-methyl/N-ethyl adjacent to an activating group) is 1. The molecule has 0 heterocycles. The molecule has 29 heavy (non-hydrogen) atoms. The summed E-state index contributed by atoms with van der Waals surface area (Å²) in [4.78, 5) is 25.2. The van der Waals surface area contributed by atoms with Crippen LogP contribution in [0, 0.1) is 0 Å². The molecule has 0 unspecified atom stereocenters. The van der Waals surface area contributed by atoms with Gasteiger partial charge in [-0.2, -0.15) is 5.10 Å². The molecule has 0 bridgehead atoms. The number of nitrogens with zero attached hydrogens (tertiary/aromatic N) is 2. The van der Waals surface area contributed by atoms with E-state index in [1.165, 1.54) is 11.1 Å². The molecule has 0 atom stereocenters. The van der Waals surface area contributed by atoms with Gasteiger partial charge in [0, 0.05) is 25.3 Å². The Morgan fingerprint density at radius 2 is 1.90 bits per heavy atom. The standard InChI is InChI=1S/C20H23ClN4O4/c1-4-28-17-10-13(9-16(21)19(17)29-12-18(26)25(2)3)11-23-24-20(27)14-5-7-15(22)8-6-14/h5-11H,4,12,22H2,1-3H3,(H,24,27)/b23-11-. The van der Waals surface area contributed by atoms with E-state index in [1.54, 1.807) is 50.5 Å². The van der Waals surface area contributed by atoms with Crippen LogP contribution in [0.2, 0.25) is 5.02 Å². The van der Waals surface area contributed by atoms with Gasteiger partial charge in [-0.05, 0) is 48.9 Å². The fraction of sp³-hybridized carbons (Fsp3) is 0.250. The lowest BCUT2D eigenvalue weighted by atomic mass is 10.2. The fourth-order valence-electron chi connectivity index (χ4n) is 2.19. The average Bonchev–Trinajstić information content (AvgIpc) is 2.67. The zero-order valence-corrected chi connectivity index (χ0v) is 17.2. The maximum atomic E-state index is 12.1. The van der Waals surface area contributed by atoms with Gasteiger partial charge >= 0.3 is 0 Å². The smallest absolute Gasteiger partial charge is 0.271 e. The van der Waals surface area contributed by atoms with Crippen LogP contribution in [0.3, 0.4) is 0 Å². The van der Waals surface area contributed by atoms with Crippen molar-refractivity contribution < 1.29 is 19.1 Å². The van der Waals surface area contributed by atoms with Gasteiger partial charge in [-0.1, -0.05) is 11.6 Å². The number of rotatable bonds is 8. The van der Waals surface area contributed by atoms with Crippen molar-refractivity contribution in [1.29, 1.82) is 0 Å². The Bertz CT molecular complexity index is 898. The van der Waals surface area contributed by atoms with E-state index in [-0.39, 0.29) is 29.2 Å². The van der Waals surface area contributed by atoms with E-state index in [1.807, 2.05) is 6.92 Å². The number of nitrogen functional groups attached to an aromatic ring is 1. The number of benzene rings is 2. The molecule has 9 heteroatoms. The summed E-state index contributed by atoms with van der Waals surface area (Å²) in [5.41, 5.74) is 9.62. The minimum Gasteiger partial charge on any atom is -0.490 e. The number of anilines is 1. The van der Waals surface area contributed by atoms with Crippen LogP contribution in [0.4, 0.5) is 5.69 Å². The summed E-state index contributed by atoms with van der Waals surface area (Å²) in [5, 5.41) is 4.20. The highest BCUT2D eigenvalue weighted by Crippen LogP contribution is 2.36. The highest BCUT2D eigenvalue weighted by Gasteiger charge is 2.15. The number of nitrogens with two attached hydrogens (primary N) is 1. The van der Waals surface area contributed by atoms with E-state index >= 15 is 0 Å². The van der Waals surface area contributed by atoms with Crippen LogP contribution in [-0.4, -0.2) is 50.2 Å². The molecule has 0 spiro atoms. The molecule has 2 rings (SSSR count). The Morgan fingerprint density at radius 1 is 1.21 bits per heavy atom. The number of amides is 2. The molecule has 3 N–H and O–H groups in total. The predicted octanol–water partition coefficient (Wildman–Crippen LogP) is 2.55. The Morgan fingerprint density at radius 3 is 2.52 bits per heavy atom. The molecular formula is C20H23ClN4O4. The second kappa shape index (κ2) is 10.3. The van der Waals surface area contributed by atoms with Gasteiger partial charge in [0.25, 0.3) is 11.8 Å². The summed E-state index contributed by atoms with van der Waals surface area (Å²) in [6, 6.07) is 9.72. The monoisotopic (exact) mass is 418 g/mol. The zero-order valence-electron chi connectivity index (χ0n) is 16.4. The van der Waals surface area contributed by atoms with Crippen LogP contribution in [0.1, 0.15) is 22.8 Å². The van der Waals surface area contributed by atoms with Crippen molar-refractivity contribution >= 4 is 35.3 Å². The first-order valence-corrected chi connectivity index (χ1v) is 9.17. The minimum atomic E-state index is -0.375. The molecule has 0 saturated carbocycles. The third-order valence-corrected chi connectivity index (χ3v) is 4.00. The summed E-state index contributed by atoms with van der Waals surface area (Å²) in [6.45, 7) is 2.02. The Hall–Kier alpha value is -3.26. The van der Waals surface area contributed by atoms with E-state index in [0.717, 1.165) is 0 Å². The molecule has 2 aromatic rings. The molecule has 0 aliphatic rings. The molecule has 8 nitrogen and oxygen atoms in total. The summed E-state index contributed by atoms with van der Waals surface area (Å²) in [7, 11) is 3.27. The summed E-state index contributed by atoms with van der Waals surface area (Å²) in [5.74, 6) is 0.0590. The molecule has 0 aliphatic carbocycles. The Labute approximate surface area is 174 Å². The number of carbonyl (C=O) groups excluding carboxylic acids is 2. The fourth-order valence-corrected chi connectivity index (χ4v) is 2.47. The Kier molecular flexibility index (Phi) is 7.85. The molecule has 2 amide bonds. The lowest BCUT2D eigenvalue weighted by Gasteiger charge is -2.16. The van der Waals surface area contributed by atoms with Crippen molar-refractivity contribution in [2.45, 2.75) is 6.92 Å². The van der Waals surface area contributed by atoms with E-state index < -0.39 is 0 Å². The molecule has 0 fully saturated rings. The second-order valence-electron chi connectivity index (χ2n) is 6.16. The summed E-state index contributed by atoms with van der Waals surface area (Å²) >= 11 is 6.29.